The molecule has 0 bridgehead atoms. The Morgan fingerprint density at radius 1 is 1.12 bits per heavy atom. The quantitative estimate of drug-likeness (QED) is 0.256. The van der Waals surface area contributed by atoms with Gasteiger partial charge in [-0.15, -0.1) is 17.5 Å². The van der Waals surface area contributed by atoms with Gasteiger partial charge in [-0.2, -0.15) is 9.50 Å². The van der Waals surface area contributed by atoms with Crippen molar-refractivity contribution in [2.45, 2.75) is 6.54 Å². The molecule has 12 nitrogen and oxygen atoms in total. The number of rotatable bonds is 9. The van der Waals surface area contributed by atoms with E-state index in [4.69, 9.17) is 14.9 Å². The molecule has 1 aliphatic rings. The molecule has 1 unspecified atom stereocenters. The van der Waals surface area contributed by atoms with E-state index in [2.05, 4.69) is 20.0 Å². The molecule has 0 amide bonds. The van der Waals surface area contributed by atoms with Gasteiger partial charge in [-0.25, -0.2) is 13.8 Å². The Morgan fingerprint density at radius 3 is 2.62 bits per heavy atom. The summed E-state index contributed by atoms with van der Waals surface area (Å²) in [5.41, 5.74) is 7.29. The summed E-state index contributed by atoms with van der Waals surface area (Å²) in [5, 5.41) is 4.37. The van der Waals surface area contributed by atoms with Crippen molar-refractivity contribution in [3.05, 3.63) is 51.8 Å². The van der Waals surface area contributed by atoms with Crippen LogP contribution in [-0.2, 0) is 17.3 Å². The van der Waals surface area contributed by atoms with Gasteiger partial charge in [-0.3, -0.25) is 18.5 Å². The second-order valence-corrected chi connectivity index (χ2v) is 12.0. The van der Waals surface area contributed by atoms with Crippen LogP contribution in [0.15, 0.2) is 39.7 Å². The van der Waals surface area contributed by atoms with Gasteiger partial charge in [0.15, 0.2) is 28.6 Å². The molecule has 4 aromatic heterocycles. The fourth-order valence-corrected chi connectivity index (χ4v) is 5.98. The van der Waals surface area contributed by atoms with Crippen LogP contribution in [0.4, 0.5) is 20.4 Å². The van der Waals surface area contributed by atoms with Crippen molar-refractivity contribution in [1.82, 2.24) is 29.0 Å². The Hall–Kier alpha value is -3.60. The second-order valence-electron chi connectivity index (χ2n) is 9.48. The molecule has 0 radical (unpaired) electrons. The Labute approximate surface area is 250 Å². The average Bonchev–Trinajstić information content (AvgIpc) is 3.68. The number of benzene rings is 1. The summed E-state index contributed by atoms with van der Waals surface area (Å²) < 4.78 is 54.5. The van der Waals surface area contributed by atoms with Crippen molar-refractivity contribution in [1.29, 1.82) is 0 Å². The zero-order chi connectivity index (χ0) is 28.7. The van der Waals surface area contributed by atoms with E-state index in [-0.39, 0.29) is 47.0 Å². The van der Waals surface area contributed by atoms with E-state index in [1.165, 1.54) is 23.1 Å². The molecule has 17 heteroatoms. The number of piperazine rings is 1. The zero-order valence-electron chi connectivity index (χ0n) is 22.4. The molecule has 0 aliphatic carbocycles. The van der Waals surface area contributed by atoms with Crippen LogP contribution < -0.4 is 20.2 Å². The van der Waals surface area contributed by atoms with Gasteiger partial charge in [0.25, 0.3) is 0 Å². The third-order valence-electron chi connectivity index (χ3n) is 6.84. The molecule has 1 fully saturated rings. The molecule has 1 aliphatic heterocycles. The lowest BCUT2D eigenvalue weighted by Gasteiger charge is -2.36. The summed E-state index contributed by atoms with van der Waals surface area (Å²) in [6.07, 6.45) is 3.06. The lowest BCUT2D eigenvalue weighted by molar-refractivity contribution is 0.247. The summed E-state index contributed by atoms with van der Waals surface area (Å²) in [7, 11) is -1.08. The maximum Gasteiger partial charge on any atom is 0.309 e. The smallest absolute Gasteiger partial charge is 0.309 e. The molecule has 42 heavy (non-hydrogen) atoms. The topological polar surface area (TPSA) is 137 Å². The van der Waals surface area contributed by atoms with Crippen molar-refractivity contribution in [3.8, 4) is 17.3 Å². The Morgan fingerprint density at radius 2 is 1.90 bits per heavy atom. The molecule has 0 spiro atoms. The van der Waals surface area contributed by atoms with E-state index in [0.717, 1.165) is 17.4 Å². The number of hydrogen-bond acceptors (Lipinski definition) is 11. The number of fused-ring (bicyclic) bond motifs is 3. The van der Waals surface area contributed by atoms with Gasteiger partial charge in [-0.1, -0.05) is 11.3 Å². The molecular formula is C25H27ClF2N8O4S2. The lowest BCUT2D eigenvalue weighted by atomic mass is 10.2. The van der Waals surface area contributed by atoms with Crippen molar-refractivity contribution in [3.63, 3.8) is 0 Å². The van der Waals surface area contributed by atoms with E-state index in [1.807, 2.05) is 4.90 Å². The number of nitrogens with zero attached hydrogens (tertiary/aromatic N) is 7. The average molecular weight is 641 g/mol. The van der Waals surface area contributed by atoms with Gasteiger partial charge in [0.2, 0.25) is 11.8 Å². The first-order chi connectivity index (χ1) is 19.8. The number of hydrogen-bond donors (Lipinski definition) is 1. The number of aromatic nitrogens is 5. The van der Waals surface area contributed by atoms with Crippen molar-refractivity contribution in [2.75, 3.05) is 62.0 Å². The first kappa shape index (κ1) is 29.9. The molecule has 2 N–H and O–H groups in total. The zero-order valence-corrected chi connectivity index (χ0v) is 24.8. The first-order valence-corrected chi connectivity index (χ1v) is 15.3. The highest BCUT2D eigenvalue weighted by atomic mass is 35.5. The number of anilines is 2. The standard InChI is InChI=1S/C25H26F2N8O4S2.ClH/c1-41(37)12-11-39-19-14-17(15(26)13-16(19)27)33-7-4-32(5-8-33)6-9-34-22-20(40-25(34)36)23-29-21(18-3-2-10-38-18)31-35(23)24(28)30-22;/h2-3,10,13-14H,4-9,11-12H2,1H3,(H2,28,30);1H. The first-order valence-electron chi connectivity index (χ1n) is 12.8. The van der Waals surface area contributed by atoms with E-state index in [1.54, 1.807) is 16.7 Å². The highest BCUT2D eigenvalue weighted by molar-refractivity contribution is 7.84. The minimum absolute atomic E-state index is 0. The summed E-state index contributed by atoms with van der Waals surface area (Å²) in [5.74, 6) is -0.355. The monoisotopic (exact) mass is 640 g/mol. The van der Waals surface area contributed by atoms with Gasteiger partial charge in [0.1, 0.15) is 10.5 Å². The van der Waals surface area contributed by atoms with Crippen molar-refractivity contribution in [2.24, 2.45) is 0 Å². The van der Waals surface area contributed by atoms with Gasteiger partial charge in [-0.05, 0) is 12.1 Å². The van der Waals surface area contributed by atoms with Crippen LogP contribution in [0.2, 0.25) is 0 Å². The van der Waals surface area contributed by atoms with Crippen LogP contribution in [0.25, 0.3) is 27.6 Å². The number of furan rings is 1. The predicted molar refractivity (Wildman–Crippen MR) is 159 cm³/mol. The van der Waals surface area contributed by atoms with Crippen LogP contribution in [0.1, 0.15) is 0 Å². The summed E-state index contributed by atoms with van der Waals surface area (Å²) >= 11 is 1.03. The fraction of sp³-hybridized carbons (Fsp3) is 0.360. The molecule has 224 valence electrons. The Bertz CT molecular complexity index is 1800. The third kappa shape index (κ3) is 5.84. The van der Waals surface area contributed by atoms with E-state index < -0.39 is 22.4 Å². The molecule has 5 heterocycles. The maximum absolute atomic E-state index is 14.6. The van der Waals surface area contributed by atoms with Crippen LogP contribution in [0, 0.1) is 11.6 Å². The number of thiazole rings is 1. The fourth-order valence-electron chi connectivity index (χ4n) is 4.73. The minimum atomic E-state index is -1.08. The normalized spacial score (nSPS) is 14.9. The third-order valence-corrected chi connectivity index (χ3v) is 8.55. The molecule has 1 saturated heterocycles. The highest BCUT2D eigenvalue weighted by Crippen LogP contribution is 2.29. The van der Waals surface area contributed by atoms with Gasteiger partial charge < -0.3 is 19.8 Å². The van der Waals surface area contributed by atoms with Gasteiger partial charge >= 0.3 is 4.87 Å². The molecule has 0 saturated carbocycles. The highest BCUT2D eigenvalue weighted by Gasteiger charge is 2.23. The minimum Gasteiger partial charge on any atom is -0.489 e. The molecular weight excluding hydrogens is 614 g/mol. The molecule has 6 rings (SSSR count). The number of nitrogens with two attached hydrogens (primary N) is 1. The Balaban J connectivity index is 0.00000353. The van der Waals surface area contributed by atoms with Crippen LogP contribution in [0.5, 0.6) is 5.75 Å². The van der Waals surface area contributed by atoms with Gasteiger partial charge in [0, 0.05) is 68.5 Å². The predicted octanol–water partition coefficient (Wildman–Crippen LogP) is 2.62. The Kier molecular flexibility index (Phi) is 8.77. The molecule has 5 aromatic rings. The maximum atomic E-state index is 14.6. The van der Waals surface area contributed by atoms with Crippen molar-refractivity contribution < 1.29 is 22.1 Å². The van der Waals surface area contributed by atoms with Crippen LogP contribution >= 0.6 is 23.7 Å². The number of ether oxygens (including phenoxy) is 1. The summed E-state index contributed by atoms with van der Waals surface area (Å²) in [6.45, 7) is 3.23. The van der Waals surface area contributed by atoms with Crippen LogP contribution in [-0.4, -0.2) is 84.6 Å². The van der Waals surface area contributed by atoms with Crippen LogP contribution in [0.3, 0.4) is 0 Å². The van der Waals surface area contributed by atoms with E-state index in [9.17, 15) is 17.8 Å². The summed E-state index contributed by atoms with van der Waals surface area (Å²) in [4.78, 5) is 25.7. The van der Waals surface area contributed by atoms with E-state index in [0.29, 0.717) is 66.8 Å². The largest absolute Gasteiger partial charge is 0.489 e. The van der Waals surface area contributed by atoms with Gasteiger partial charge in [0.05, 0.1) is 24.3 Å². The SMILES string of the molecule is CS(=O)CCOc1cc(N2CCN(CCn3c(=O)sc4c3nc(N)n3nc(-c5ccco5)nc43)CC2)c(F)cc1F.Cl. The van der Waals surface area contributed by atoms with E-state index >= 15 is 0 Å². The lowest BCUT2D eigenvalue weighted by Crippen LogP contribution is -2.47. The second kappa shape index (κ2) is 12.3. The molecule has 1 atom stereocenters. The van der Waals surface area contributed by atoms with Crippen molar-refractivity contribution >= 4 is 62.2 Å². The molecule has 1 aromatic carbocycles. The summed E-state index contributed by atoms with van der Waals surface area (Å²) in [6, 6.07) is 5.64. The number of halogens is 3. The number of nitrogen functional groups attached to an aromatic ring is 1.